The molecule has 2 unspecified atom stereocenters. The maximum Gasteiger partial charge on any atom is 0.347 e. The molecular formula is C11H13N5O. The van der Waals surface area contributed by atoms with Crippen LogP contribution >= 0.6 is 0 Å². The summed E-state index contributed by atoms with van der Waals surface area (Å²) < 4.78 is 1.64. The summed E-state index contributed by atoms with van der Waals surface area (Å²) in [5.74, 6) is 2.77. The monoisotopic (exact) mass is 231 g/mol. The van der Waals surface area contributed by atoms with E-state index in [2.05, 4.69) is 16.0 Å². The lowest BCUT2D eigenvalue weighted by Crippen LogP contribution is -2.38. The third-order valence-corrected chi connectivity index (χ3v) is 2.70. The summed E-state index contributed by atoms with van der Waals surface area (Å²) in [5, 5.41) is 4.06. The quantitative estimate of drug-likeness (QED) is 0.742. The van der Waals surface area contributed by atoms with Crippen molar-refractivity contribution in [3.05, 3.63) is 18.0 Å². The Morgan fingerprint density at radius 2 is 2.35 bits per heavy atom. The molecule has 0 saturated heterocycles. The van der Waals surface area contributed by atoms with Crippen LogP contribution in [0.4, 0.5) is 4.79 Å². The Hall–Kier alpha value is -2.29. The van der Waals surface area contributed by atoms with Gasteiger partial charge in [0.25, 0.3) is 0 Å². The van der Waals surface area contributed by atoms with Gasteiger partial charge in [-0.1, -0.05) is 5.92 Å². The molecule has 2 heterocycles. The highest BCUT2D eigenvalue weighted by atomic mass is 16.2. The lowest BCUT2D eigenvalue weighted by Gasteiger charge is -2.26. The van der Waals surface area contributed by atoms with E-state index < -0.39 is 12.1 Å². The van der Waals surface area contributed by atoms with Gasteiger partial charge in [-0.25, -0.2) is 4.79 Å². The molecule has 1 aliphatic rings. The first kappa shape index (κ1) is 11.2. The number of urea groups is 1. The van der Waals surface area contributed by atoms with Crippen LogP contribution in [0.25, 0.3) is 0 Å². The number of aryl methyl sites for hydroxylation is 1. The van der Waals surface area contributed by atoms with E-state index in [0.29, 0.717) is 0 Å². The van der Waals surface area contributed by atoms with Gasteiger partial charge in [0, 0.05) is 18.8 Å². The lowest BCUT2D eigenvalue weighted by atomic mass is 10.1. The number of nitrogens with zero attached hydrogens (tertiary/aromatic N) is 4. The van der Waals surface area contributed by atoms with Crippen molar-refractivity contribution in [2.75, 3.05) is 0 Å². The van der Waals surface area contributed by atoms with Crippen molar-refractivity contribution in [1.29, 1.82) is 0 Å². The number of terminal acetylenes is 1. The SMILES string of the molecule is C#CC(C)N1C(=O)N=C(N)C1c1cnn(C)c1. The predicted molar refractivity (Wildman–Crippen MR) is 63.1 cm³/mol. The van der Waals surface area contributed by atoms with Crippen molar-refractivity contribution in [1.82, 2.24) is 14.7 Å². The number of hydrogen-bond acceptors (Lipinski definition) is 3. The van der Waals surface area contributed by atoms with Crippen LogP contribution in [0.15, 0.2) is 17.4 Å². The fourth-order valence-electron chi connectivity index (χ4n) is 1.86. The Bertz CT molecular complexity index is 524. The van der Waals surface area contributed by atoms with Crippen LogP contribution in [0.1, 0.15) is 18.5 Å². The fourth-order valence-corrected chi connectivity index (χ4v) is 1.86. The lowest BCUT2D eigenvalue weighted by molar-refractivity contribution is 0.199. The van der Waals surface area contributed by atoms with Crippen LogP contribution < -0.4 is 5.73 Å². The van der Waals surface area contributed by atoms with E-state index in [1.165, 1.54) is 4.90 Å². The number of aliphatic imine (C=N–C) groups is 1. The summed E-state index contributed by atoms with van der Waals surface area (Å²) in [6, 6.07) is -1.18. The molecule has 17 heavy (non-hydrogen) atoms. The third kappa shape index (κ3) is 1.76. The Kier molecular flexibility index (Phi) is 2.60. The first-order valence-corrected chi connectivity index (χ1v) is 5.15. The summed E-state index contributed by atoms with van der Waals surface area (Å²) in [6.07, 6.45) is 8.80. The van der Waals surface area contributed by atoms with Gasteiger partial charge < -0.3 is 5.73 Å². The van der Waals surface area contributed by atoms with Gasteiger partial charge in [-0.3, -0.25) is 9.58 Å². The second-order valence-electron chi connectivity index (χ2n) is 3.92. The Labute approximate surface area is 99.1 Å². The average Bonchev–Trinajstić information content (AvgIpc) is 2.81. The normalized spacial score (nSPS) is 21.2. The number of nitrogens with two attached hydrogens (primary N) is 1. The van der Waals surface area contributed by atoms with Gasteiger partial charge >= 0.3 is 6.03 Å². The highest BCUT2D eigenvalue weighted by molar-refractivity contribution is 6.03. The molecule has 6 heteroatoms. The molecule has 0 aliphatic carbocycles. The summed E-state index contributed by atoms with van der Waals surface area (Å²) in [6.45, 7) is 1.76. The van der Waals surface area contributed by atoms with Crippen LogP contribution in [0.5, 0.6) is 0 Å². The largest absolute Gasteiger partial charge is 0.385 e. The molecule has 0 fully saturated rings. The van der Waals surface area contributed by atoms with Crippen LogP contribution in [0.2, 0.25) is 0 Å². The van der Waals surface area contributed by atoms with Crippen LogP contribution in [0, 0.1) is 12.3 Å². The van der Waals surface area contributed by atoms with Crippen LogP contribution in [-0.2, 0) is 7.05 Å². The Balaban J connectivity index is 2.40. The van der Waals surface area contributed by atoms with Crippen LogP contribution in [0.3, 0.4) is 0 Å². The number of rotatable bonds is 2. The van der Waals surface area contributed by atoms with Gasteiger partial charge in [0.2, 0.25) is 0 Å². The third-order valence-electron chi connectivity index (χ3n) is 2.70. The summed E-state index contributed by atoms with van der Waals surface area (Å²) in [7, 11) is 1.79. The number of hydrogen-bond donors (Lipinski definition) is 1. The highest BCUT2D eigenvalue weighted by Gasteiger charge is 2.37. The Morgan fingerprint density at radius 3 is 2.88 bits per heavy atom. The minimum absolute atomic E-state index is 0.255. The Morgan fingerprint density at radius 1 is 1.65 bits per heavy atom. The van der Waals surface area contributed by atoms with Crippen molar-refractivity contribution in [3.63, 3.8) is 0 Å². The topological polar surface area (TPSA) is 76.5 Å². The molecule has 6 nitrogen and oxygen atoms in total. The smallest absolute Gasteiger partial charge is 0.347 e. The van der Waals surface area contributed by atoms with Gasteiger partial charge in [0.1, 0.15) is 11.9 Å². The summed E-state index contributed by atoms with van der Waals surface area (Å²) in [4.78, 5) is 16.9. The zero-order chi connectivity index (χ0) is 12.6. The maximum atomic E-state index is 11.7. The standard InChI is InChI=1S/C11H13N5O/c1-4-7(2)16-9(10(12)14-11(16)17)8-5-13-15(3)6-8/h1,5-7,9H,2-3H3,(H2,12,14,17). The van der Waals surface area contributed by atoms with Crippen LogP contribution in [-0.4, -0.2) is 32.6 Å². The van der Waals surface area contributed by atoms with Crippen molar-refractivity contribution >= 4 is 11.9 Å². The van der Waals surface area contributed by atoms with Crippen molar-refractivity contribution < 1.29 is 4.79 Å². The van der Waals surface area contributed by atoms with Gasteiger partial charge in [0.05, 0.1) is 12.2 Å². The van der Waals surface area contributed by atoms with E-state index in [1.807, 2.05) is 0 Å². The van der Waals surface area contributed by atoms with Crippen molar-refractivity contribution in [3.8, 4) is 12.3 Å². The van der Waals surface area contributed by atoms with Gasteiger partial charge in [-0.15, -0.1) is 6.42 Å². The first-order valence-electron chi connectivity index (χ1n) is 5.15. The molecule has 2 rings (SSSR count). The number of amidine groups is 1. The van der Waals surface area contributed by atoms with E-state index in [0.717, 1.165) is 5.56 Å². The second kappa shape index (κ2) is 3.94. The number of carbonyl (C=O) groups excluding carboxylic acids is 1. The molecule has 2 amide bonds. The molecule has 1 aliphatic heterocycles. The highest BCUT2D eigenvalue weighted by Crippen LogP contribution is 2.28. The van der Waals surface area contributed by atoms with Crippen molar-refractivity contribution in [2.45, 2.75) is 19.0 Å². The predicted octanol–water partition coefficient (Wildman–Crippen LogP) is 0.276. The van der Waals surface area contributed by atoms with E-state index in [9.17, 15) is 4.79 Å². The van der Waals surface area contributed by atoms with Gasteiger partial charge in [0.15, 0.2) is 0 Å². The van der Waals surface area contributed by atoms with E-state index in [4.69, 9.17) is 12.2 Å². The molecule has 0 aromatic carbocycles. The molecule has 0 saturated carbocycles. The first-order chi connectivity index (χ1) is 8.04. The van der Waals surface area contributed by atoms with Gasteiger partial charge in [-0.2, -0.15) is 10.1 Å². The van der Waals surface area contributed by atoms with Crippen molar-refractivity contribution in [2.24, 2.45) is 17.8 Å². The summed E-state index contributed by atoms with van der Waals surface area (Å²) in [5.41, 5.74) is 6.58. The van der Waals surface area contributed by atoms with E-state index in [1.54, 1.807) is 31.0 Å². The second-order valence-corrected chi connectivity index (χ2v) is 3.92. The number of amides is 2. The molecule has 2 N–H and O–H groups in total. The van der Waals surface area contributed by atoms with E-state index in [-0.39, 0.29) is 11.9 Å². The maximum absolute atomic E-state index is 11.7. The molecule has 1 aromatic heterocycles. The summed E-state index contributed by atoms with van der Waals surface area (Å²) >= 11 is 0. The van der Waals surface area contributed by atoms with E-state index >= 15 is 0 Å². The minimum atomic E-state index is -0.415. The number of aromatic nitrogens is 2. The zero-order valence-corrected chi connectivity index (χ0v) is 9.66. The molecule has 0 spiro atoms. The minimum Gasteiger partial charge on any atom is -0.385 e. The van der Waals surface area contributed by atoms with Gasteiger partial charge in [-0.05, 0) is 6.92 Å². The molecule has 1 aromatic rings. The fraction of sp³-hybridized carbons (Fsp3) is 0.364. The number of carbonyl (C=O) groups is 1. The molecule has 88 valence electrons. The zero-order valence-electron chi connectivity index (χ0n) is 9.66. The molecule has 0 radical (unpaired) electrons. The molecule has 2 atom stereocenters. The average molecular weight is 231 g/mol. The molecule has 0 bridgehead atoms. The molecular weight excluding hydrogens is 218 g/mol.